The van der Waals surface area contributed by atoms with Crippen molar-refractivity contribution in [2.45, 2.75) is 50.6 Å². The second kappa shape index (κ2) is 4.21. The Hall–Kier alpha value is -1.59. The fourth-order valence-corrected chi connectivity index (χ4v) is 4.21. The number of carbonyl (C=O) groups is 3. The van der Waals surface area contributed by atoms with Crippen molar-refractivity contribution < 1.29 is 19.5 Å². The van der Waals surface area contributed by atoms with Crippen LogP contribution in [0.2, 0.25) is 0 Å². The van der Waals surface area contributed by atoms with Crippen LogP contribution in [-0.4, -0.2) is 39.4 Å². The lowest BCUT2D eigenvalue weighted by molar-refractivity contribution is -0.134. The second-order valence-electron chi connectivity index (χ2n) is 5.83. The van der Waals surface area contributed by atoms with E-state index in [9.17, 15) is 19.5 Å². The third-order valence-electron chi connectivity index (χ3n) is 5.23. The highest BCUT2D eigenvalue weighted by Crippen LogP contribution is 2.58. The van der Waals surface area contributed by atoms with Gasteiger partial charge in [0.25, 0.3) is 0 Å². The number of hydrogen-bond donors (Lipinski definition) is 2. The normalized spacial score (nSPS) is 38.2. The van der Waals surface area contributed by atoms with E-state index < -0.39 is 29.0 Å². The van der Waals surface area contributed by atoms with Gasteiger partial charge in [-0.15, -0.1) is 0 Å². The number of carboxylic acid groups (broad SMARTS) is 1. The molecule has 6 heteroatoms. The lowest BCUT2D eigenvalue weighted by Gasteiger charge is -2.49. The minimum Gasteiger partial charge on any atom is -0.465 e. The summed E-state index contributed by atoms with van der Waals surface area (Å²) in [6.45, 7) is 3.63. The van der Waals surface area contributed by atoms with Crippen LogP contribution in [0.15, 0.2) is 0 Å². The molecule has 2 fully saturated rings. The van der Waals surface area contributed by atoms with E-state index in [-0.39, 0.29) is 5.92 Å². The first-order chi connectivity index (χ1) is 8.84. The first-order valence-corrected chi connectivity index (χ1v) is 6.63. The zero-order chi connectivity index (χ0) is 14.4. The number of primary amides is 1. The van der Waals surface area contributed by atoms with Gasteiger partial charge < -0.3 is 15.6 Å². The first-order valence-electron chi connectivity index (χ1n) is 6.63. The molecule has 1 saturated carbocycles. The van der Waals surface area contributed by atoms with Gasteiger partial charge in [-0.2, -0.15) is 0 Å². The summed E-state index contributed by atoms with van der Waals surface area (Å²) in [6, 6.07) is 0. The van der Waals surface area contributed by atoms with Gasteiger partial charge in [0.2, 0.25) is 5.91 Å². The number of hydrogen-bond acceptors (Lipinski definition) is 3. The van der Waals surface area contributed by atoms with Crippen molar-refractivity contribution >= 4 is 18.3 Å². The molecule has 0 aromatic carbocycles. The van der Waals surface area contributed by atoms with Crippen molar-refractivity contribution in [3.05, 3.63) is 0 Å². The molecule has 0 radical (unpaired) electrons. The molecule has 106 valence electrons. The number of nitrogens with two attached hydrogens (primary N) is 1. The molecule has 4 atom stereocenters. The minimum atomic E-state index is -1.16. The van der Waals surface area contributed by atoms with E-state index in [2.05, 4.69) is 0 Å². The standard InChI is InChI=1S/C13H20N2O4/c1-3-8(7-16)12(2)9-4-5-13(6-9,10(14)17)15(12)11(18)19/h7-9H,3-6H2,1-2H3,(H2,14,17)(H,18,19). The Morgan fingerprint density at radius 2 is 2.21 bits per heavy atom. The Bertz CT molecular complexity index is 438. The van der Waals surface area contributed by atoms with Gasteiger partial charge in [-0.3, -0.25) is 9.69 Å². The molecular weight excluding hydrogens is 248 g/mol. The molecule has 0 aromatic heterocycles. The number of likely N-dealkylation sites (tertiary alicyclic amines) is 1. The van der Waals surface area contributed by atoms with Crippen molar-refractivity contribution in [2.24, 2.45) is 17.6 Å². The molecule has 2 aliphatic rings. The van der Waals surface area contributed by atoms with Crippen LogP contribution in [0, 0.1) is 11.8 Å². The number of amides is 2. The van der Waals surface area contributed by atoms with Gasteiger partial charge in [0, 0.05) is 5.92 Å². The van der Waals surface area contributed by atoms with Gasteiger partial charge in [0.05, 0.1) is 5.54 Å². The Kier molecular flexibility index (Phi) is 3.07. The Morgan fingerprint density at radius 1 is 1.58 bits per heavy atom. The van der Waals surface area contributed by atoms with Gasteiger partial charge in [-0.25, -0.2) is 4.79 Å². The number of rotatable bonds is 4. The molecule has 4 unspecified atom stereocenters. The van der Waals surface area contributed by atoms with Crippen LogP contribution in [-0.2, 0) is 9.59 Å². The Labute approximate surface area is 111 Å². The lowest BCUT2D eigenvalue weighted by atomic mass is 9.73. The van der Waals surface area contributed by atoms with E-state index in [1.54, 1.807) is 6.92 Å². The molecule has 0 aromatic rings. The van der Waals surface area contributed by atoms with Gasteiger partial charge in [0.1, 0.15) is 11.8 Å². The number of carbonyl (C=O) groups excluding carboxylic acids is 2. The van der Waals surface area contributed by atoms with Crippen molar-refractivity contribution in [3.8, 4) is 0 Å². The van der Waals surface area contributed by atoms with E-state index in [0.717, 1.165) is 12.7 Å². The highest BCUT2D eigenvalue weighted by Gasteiger charge is 2.68. The molecule has 0 spiro atoms. The molecular formula is C13H20N2O4. The van der Waals surface area contributed by atoms with Gasteiger partial charge in [-0.05, 0) is 38.5 Å². The summed E-state index contributed by atoms with van der Waals surface area (Å²) in [5.74, 6) is -0.983. The Balaban J connectivity index is 2.54. The van der Waals surface area contributed by atoms with Gasteiger partial charge >= 0.3 is 6.09 Å². The van der Waals surface area contributed by atoms with Crippen LogP contribution in [0.4, 0.5) is 4.79 Å². The predicted molar refractivity (Wildman–Crippen MR) is 67.4 cm³/mol. The number of nitrogens with zero attached hydrogens (tertiary/aromatic N) is 1. The first kappa shape index (κ1) is 13.8. The SMILES string of the molecule is CCC(C=O)C1(C)C2CCC(C(N)=O)(C2)N1C(=O)O. The second-order valence-corrected chi connectivity index (χ2v) is 5.83. The molecule has 6 nitrogen and oxygen atoms in total. The molecule has 2 rings (SSSR count). The van der Waals surface area contributed by atoms with E-state index >= 15 is 0 Å². The fraction of sp³-hybridized carbons (Fsp3) is 0.769. The quantitative estimate of drug-likeness (QED) is 0.742. The highest BCUT2D eigenvalue weighted by atomic mass is 16.4. The molecule has 19 heavy (non-hydrogen) atoms. The summed E-state index contributed by atoms with van der Waals surface area (Å²) < 4.78 is 0. The van der Waals surface area contributed by atoms with Crippen LogP contribution in [0.3, 0.4) is 0 Å². The van der Waals surface area contributed by atoms with E-state index in [1.165, 1.54) is 4.90 Å². The van der Waals surface area contributed by atoms with Crippen molar-refractivity contribution in [2.75, 3.05) is 0 Å². The summed E-state index contributed by atoms with van der Waals surface area (Å²) in [7, 11) is 0. The van der Waals surface area contributed by atoms with Crippen molar-refractivity contribution in [3.63, 3.8) is 0 Å². The number of aldehydes is 1. The molecule has 1 heterocycles. The molecule has 1 aliphatic carbocycles. The largest absolute Gasteiger partial charge is 0.465 e. The molecule has 1 saturated heterocycles. The third kappa shape index (κ3) is 1.52. The van der Waals surface area contributed by atoms with Crippen LogP contribution in [0.5, 0.6) is 0 Å². The summed E-state index contributed by atoms with van der Waals surface area (Å²) in [5, 5.41) is 9.53. The van der Waals surface area contributed by atoms with Crippen molar-refractivity contribution in [1.29, 1.82) is 0 Å². The Morgan fingerprint density at radius 3 is 2.63 bits per heavy atom. The summed E-state index contributed by atoms with van der Waals surface area (Å²) in [5.41, 5.74) is 3.52. The molecule has 2 bridgehead atoms. The molecule has 1 aliphatic heterocycles. The maximum absolute atomic E-state index is 11.8. The highest BCUT2D eigenvalue weighted by molar-refractivity contribution is 5.90. The number of piperidine rings is 1. The predicted octanol–water partition coefficient (Wildman–Crippen LogP) is 0.988. The monoisotopic (exact) mass is 268 g/mol. The summed E-state index contributed by atoms with van der Waals surface area (Å²) >= 11 is 0. The van der Waals surface area contributed by atoms with Crippen LogP contribution >= 0.6 is 0 Å². The third-order valence-corrected chi connectivity index (χ3v) is 5.23. The van der Waals surface area contributed by atoms with Gasteiger partial charge in [0.15, 0.2) is 0 Å². The van der Waals surface area contributed by atoms with Crippen LogP contribution in [0.25, 0.3) is 0 Å². The lowest BCUT2D eigenvalue weighted by Crippen LogP contribution is -2.65. The smallest absolute Gasteiger partial charge is 0.408 e. The maximum atomic E-state index is 11.8. The minimum absolute atomic E-state index is 0.0197. The maximum Gasteiger partial charge on any atom is 0.408 e. The average Bonchev–Trinajstić information content (AvgIpc) is 2.86. The molecule has 3 N–H and O–H groups in total. The van der Waals surface area contributed by atoms with E-state index in [4.69, 9.17) is 5.73 Å². The zero-order valence-corrected chi connectivity index (χ0v) is 11.3. The fourth-order valence-electron chi connectivity index (χ4n) is 4.21. The van der Waals surface area contributed by atoms with E-state index in [1.807, 2.05) is 6.92 Å². The topological polar surface area (TPSA) is 101 Å². The summed E-state index contributed by atoms with van der Waals surface area (Å²) in [4.78, 5) is 36.0. The molecule has 2 amide bonds. The summed E-state index contributed by atoms with van der Waals surface area (Å²) in [6.07, 6.45) is 1.84. The van der Waals surface area contributed by atoms with Crippen LogP contribution in [0.1, 0.15) is 39.5 Å². The van der Waals surface area contributed by atoms with E-state index in [0.29, 0.717) is 19.3 Å². The number of fused-ring (bicyclic) bond motifs is 2. The van der Waals surface area contributed by atoms with Gasteiger partial charge in [-0.1, -0.05) is 6.92 Å². The average molecular weight is 268 g/mol. The van der Waals surface area contributed by atoms with Crippen molar-refractivity contribution in [1.82, 2.24) is 4.90 Å². The van der Waals surface area contributed by atoms with Crippen LogP contribution < -0.4 is 5.73 Å². The zero-order valence-electron chi connectivity index (χ0n) is 11.3.